The Bertz CT molecular complexity index is 581. The lowest BCUT2D eigenvalue weighted by molar-refractivity contribution is -0.00000406. The second kappa shape index (κ2) is 6.18. The van der Waals surface area contributed by atoms with Crippen molar-refractivity contribution in [1.82, 2.24) is 4.90 Å². The maximum absolute atomic E-state index is 3.60. The molecule has 3 rings (SSSR count). The predicted molar refractivity (Wildman–Crippen MR) is 87.4 cm³/mol. The number of benzene rings is 1. The van der Waals surface area contributed by atoms with Crippen LogP contribution in [0.3, 0.4) is 0 Å². The van der Waals surface area contributed by atoms with E-state index >= 15 is 0 Å². The number of anilines is 2. The molecule has 2 aliphatic rings. The van der Waals surface area contributed by atoms with Gasteiger partial charge in [-0.15, -0.1) is 0 Å². The second-order valence-corrected chi connectivity index (χ2v) is 6.80. The lowest BCUT2D eigenvalue weighted by atomic mass is 10.0. The number of nitrogens with one attached hydrogen (secondary N) is 1. The summed E-state index contributed by atoms with van der Waals surface area (Å²) < 4.78 is 0. The van der Waals surface area contributed by atoms with Gasteiger partial charge in [0.15, 0.2) is 0 Å². The standard InChI is InChI=1S/C16H20N3S.ClH/c1-18(2)11-5-7-13-15(9-11)20-16-10-12(19(3)4)6-8-14(16)17-13;/h5,7-10,14,16-17H,1-4H3;1H/q+1;/p-1. The van der Waals surface area contributed by atoms with Gasteiger partial charge >= 0.3 is 0 Å². The van der Waals surface area contributed by atoms with Gasteiger partial charge in [-0.1, -0.05) is 11.8 Å². The molecule has 1 aromatic carbocycles. The number of hydrogen-bond acceptors (Lipinski definition) is 4. The third-order valence-electron chi connectivity index (χ3n) is 3.64. The van der Waals surface area contributed by atoms with E-state index in [0.717, 1.165) is 5.70 Å². The summed E-state index contributed by atoms with van der Waals surface area (Å²) in [5.74, 6) is 0. The highest BCUT2D eigenvalue weighted by Gasteiger charge is 2.34. The van der Waals surface area contributed by atoms with Crippen LogP contribution in [-0.4, -0.2) is 44.4 Å². The first kappa shape index (κ1) is 16.0. The zero-order chi connectivity index (χ0) is 14.3. The Balaban J connectivity index is 0.00000161. The highest BCUT2D eigenvalue weighted by molar-refractivity contribution is 8.00. The van der Waals surface area contributed by atoms with Crippen LogP contribution in [0.25, 0.3) is 0 Å². The van der Waals surface area contributed by atoms with E-state index in [4.69, 9.17) is 0 Å². The Labute approximate surface area is 137 Å². The van der Waals surface area contributed by atoms with E-state index in [1.165, 1.54) is 16.3 Å². The van der Waals surface area contributed by atoms with E-state index in [0.29, 0.717) is 11.3 Å². The highest BCUT2D eigenvalue weighted by atomic mass is 35.5. The molecule has 3 nitrogen and oxygen atoms in total. The van der Waals surface area contributed by atoms with Crippen LogP contribution in [0.4, 0.5) is 11.4 Å². The molecule has 0 amide bonds. The summed E-state index contributed by atoms with van der Waals surface area (Å²) in [5.41, 5.74) is 3.63. The van der Waals surface area contributed by atoms with Gasteiger partial charge in [-0.3, -0.25) is 0 Å². The molecule has 1 N–H and O–H groups in total. The number of rotatable bonds is 2. The van der Waals surface area contributed by atoms with Crippen molar-refractivity contribution >= 4 is 23.1 Å². The number of fused-ring (bicyclic) bond motifs is 2. The summed E-state index contributed by atoms with van der Waals surface area (Å²) in [7, 11) is 8.28. The van der Waals surface area contributed by atoms with E-state index in [1.807, 2.05) is 11.8 Å². The smallest absolute Gasteiger partial charge is 0.259 e. The number of thioether (sulfide) groups is 1. The Hall–Kier alpha value is -1.35. The van der Waals surface area contributed by atoms with Crippen LogP contribution < -0.4 is 22.6 Å². The summed E-state index contributed by atoms with van der Waals surface area (Å²) in [6, 6.07) is 6.92. The minimum Gasteiger partial charge on any atom is -1.00 e. The van der Waals surface area contributed by atoms with Gasteiger partial charge in [-0.25, -0.2) is 0 Å². The predicted octanol–water partition coefficient (Wildman–Crippen LogP) is -0.170. The molecule has 1 aliphatic heterocycles. The number of likely N-dealkylation sites (N-methyl/N-ethyl adjacent to an activating group) is 1. The molecule has 5 heteroatoms. The molecule has 0 aromatic heterocycles. The van der Waals surface area contributed by atoms with Gasteiger partial charge in [-0.05, 0) is 18.2 Å². The summed E-state index contributed by atoms with van der Waals surface area (Å²) >= 11 is 1.93. The summed E-state index contributed by atoms with van der Waals surface area (Å²) in [4.78, 5) is 5.57. The molecule has 112 valence electrons. The lowest BCUT2D eigenvalue weighted by Crippen LogP contribution is -3.00. The molecule has 0 saturated heterocycles. The summed E-state index contributed by atoms with van der Waals surface area (Å²) in [6.45, 7) is 0. The Morgan fingerprint density at radius 3 is 2.57 bits per heavy atom. The topological polar surface area (TPSA) is 18.5 Å². The normalized spacial score (nSPS) is 21.8. The zero-order valence-corrected chi connectivity index (χ0v) is 14.3. The van der Waals surface area contributed by atoms with E-state index in [2.05, 4.69) is 79.7 Å². The summed E-state index contributed by atoms with van der Waals surface area (Å²) in [5, 5.41) is 4.03. The molecular formula is C16H20ClN3S. The van der Waals surface area contributed by atoms with Gasteiger partial charge in [0, 0.05) is 44.5 Å². The molecule has 21 heavy (non-hydrogen) atoms. The maximum atomic E-state index is 3.60. The monoisotopic (exact) mass is 321 g/mol. The van der Waals surface area contributed by atoms with E-state index in [1.54, 1.807) is 0 Å². The molecule has 1 aliphatic carbocycles. The first-order valence-electron chi connectivity index (χ1n) is 6.78. The third kappa shape index (κ3) is 3.13. The minimum absolute atomic E-state index is 0. The minimum atomic E-state index is 0. The molecule has 0 radical (unpaired) electrons. The molecular weight excluding hydrogens is 302 g/mol. The van der Waals surface area contributed by atoms with Crippen molar-refractivity contribution in [2.75, 3.05) is 38.4 Å². The van der Waals surface area contributed by atoms with Crippen LogP contribution in [0.15, 0.2) is 40.9 Å². The fraction of sp³-hybridized carbons (Fsp3) is 0.375. The highest BCUT2D eigenvalue weighted by Crippen LogP contribution is 2.42. The van der Waals surface area contributed by atoms with E-state index in [-0.39, 0.29) is 12.4 Å². The Morgan fingerprint density at radius 1 is 1.14 bits per heavy atom. The first-order valence-corrected chi connectivity index (χ1v) is 7.66. The lowest BCUT2D eigenvalue weighted by Gasteiger charge is -2.30. The van der Waals surface area contributed by atoms with Crippen LogP contribution in [0.5, 0.6) is 0 Å². The fourth-order valence-electron chi connectivity index (χ4n) is 2.42. The number of hydrogen-bond donors (Lipinski definition) is 1. The van der Waals surface area contributed by atoms with Gasteiger partial charge in [0.2, 0.25) is 0 Å². The van der Waals surface area contributed by atoms with Crippen molar-refractivity contribution in [3.63, 3.8) is 0 Å². The maximum Gasteiger partial charge on any atom is 0.259 e. The van der Waals surface area contributed by atoms with Crippen molar-refractivity contribution < 1.29 is 12.4 Å². The molecule has 0 saturated carbocycles. The van der Waals surface area contributed by atoms with Crippen molar-refractivity contribution in [3.8, 4) is 0 Å². The average molecular weight is 322 g/mol. The zero-order valence-electron chi connectivity index (χ0n) is 12.7. The SMILES string of the molecule is CN(C)C1=CC2Sc3cc(N(C)C)ccc3NC2C=[C+]1.[Cl-]. The number of allylic oxidation sites excluding steroid dienone is 1. The number of nitrogens with zero attached hydrogens (tertiary/aromatic N) is 2. The molecule has 0 fully saturated rings. The second-order valence-electron chi connectivity index (χ2n) is 5.58. The van der Waals surface area contributed by atoms with Crippen LogP contribution >= 0.6 is 11.8 Å². The van der Waals surface area contributed by atoms with E-state index in [9.17, 15) is 0 Å². The summed E-state index contributed by atoms with van der Waals surface area (Å²) in [6.07, 6.45) is 7.80. The van der Waals surface area contributed by atoms with Gasteiger partial charge in [0.05, 0.1) is 12.2 Å². The fourth-order valence-corrected chi connectivity index (χ4v) is 3.64. The molecule has 2 atom stereocenters. The van der Waals surface area contributed by atoms with Crippen molar-refractivity contribution in [2.45, 2.75) is 16.2 Å². The largest absolute Gasteiger partial charge is 1.00 e. The van der Waals surface area contributed by atoms with Crippen LogP contribution in [-0.2, 0) is 0 Å². The van der Waals surface area contributed by atoms with Gasteiger partial charge in [-0.2, -0.15) is 0 Å². The van der Waals surface area contributed by atoms with Gasteiger partial charge < -0.3 is 27.5 Å². The molecule has 1 heterocycles. The van der Waals surface area contributed by atoms with Crippen LogP contribution in [0, 0.1) is 6.08 Å². The molecule has 0 spiro atoms. The number of halogens is 1. The van der Waals surface area contributed by atoms with Crippen molar-refractivity contribution in [3.05, 3.63) is 42.1 Å². The quantitative estimate of drug-likeness (QED) is 0.762. The van der Waals surface area contributed by atoms with Gasteiger partial charge in [0.1, 0.15) is 17.4 Å². The van der Waals surface area contributed by atoms with E-state index < -0.39 is 0 Å². The van der Waals surface area contributed by atoms with Crippen molar-refractivity contribution in [1.29, 1.82) is 0 Å². The van der Waals surface area contributed by atoms with Gasteiger partial charge in [0.25, 0.3) is 5.70 Å². The molecule has 1 aromatic rings. The average Bonchev–Trinajstić information content (AvgIpc) is 2.43. The van der Waals surface area contributed by atoms with Crippen molar-refractivity contribution in [2.24, 2.45) is 0 Å². The molecule has 2 unspecified atom stereocenters. The molecule has 0 bridgehead atoms. The van der Waals surface area contributed by atoms with Crippen LogP contribution in [0.1, 0.15) is 0 Å². The Morgan fingerprint density at radius 2 is 1.90 bits per heavy atom. The first-order chi connectivity index (χ1) is 9.54. The Kier molecular flexibility index (Phi) is 4.72. The van der Waals surface area contributed by atoms with Crippen LogP contribution in [0.2, 0.25) is 0 Å². The third-order valence-corrected chi connectivity index (χ3v) is 4.93.